The molecule has 0 spiro atoms. The highest BCUT2D eigenvalue weighted by Gasteiger charge is 2.37. The highest BCUT2D eigenvalue weighted by molar-refractivity contribution is 6.31. The number of halogens is 2. The first-order valence-electron chi connectivity index (χ1n) is 12.3. The maximum Gasteiger partial charge on any atom is 0.251 e. The van der Waals surface area contributed by atoms with Gasteiger partial charge in [-0.05, 0) is 65.8 Å². The SMILES string of the molecule is COn1cncc1C(N)(c1ccc(Cl)nc1)c1ccc2c(c1)c(-c1cccc(Cl)c1)cc(=O)n2CC1CC1. The van der Waals surface area contributed by atoms with Crippen LogP contribution in [0.2, 0.25) is 10.2 Å². The molecule has 0 radical (unpaired) electrons. The fourth-order valence-corrected chi connectivity index (χ4v) is 5.35. The monoisotopic (exact) mass is 545 g/mol. The van der Waals surface area contributed by atoms with Gasteiger partial charge >= 0.3 is 0 Å². The molecule has 3 heterocycles. The van der Waals surface area contributed by atoms with Crippen molar-refractivity contribution in [2.24, 2.45) is 11.7 Å². The summed E-state index contributed by atoms with van der Waals surface area (Å²) in [6.07, 6.45) is 7.17. The van der Waals surface area contributed by atoms with Crippen LogP contribution in [0.25, 0.3) is 22.0 Å². The molecular formula is C29H25Cl2N5O2. The van der Waals surface area contributed by atoms with E-state index in [1.807, 2.05) is 53.1 Å². The van der Waals surface area contributed by atoms with Gasteiger partial charge in [0.2, 0.25) is 0 Å². The third-order valence-electron chi connectivity index (χ3n) is 7.23. The minimum atomic E-state index is -1.19. The standard InChI is InChI=1S/C29H25Cl2N5O2/c1-38-36-17-33-15-26(36)29(32,21-8-10-27(31)34-14-21)20-7-9-25-24(12-20)23(19-3-2-4-22(30)11-19)13-28(37)35(25)16-18-5-6-18/h2-4,7-15,17-18H,5-6,16,32H2,1H3. The van der Waals surface area contributed by atoms with Gasteiger partial charge in [-0.25, -0.2) is 9.97 Å². The van der Waals surface area contributed by atoms with Gasteiger partial charge in [0.05, 0.1) is 11.7 Å². The molecule has 38 heavy (non-hydrogen) atoms. The number of pyridine rings is 2. The number of nitrogens with zero attached hydrogens (tertiary/aromatic N) is 4. The Morgan fingerprint density at radius 1 is 1.05 bits per heavy atom. The summed E-state index contributed by atoms with van der Waals surface area (Å²) in [6, 6.07) is 18.7. The highest BCUT2D eigenvalue weighted by Crippen LogP contribution is 2.38. The Kier molecular flexibility index (Phi) is 6.22. The molecule has 192 valence electrons. The predicted molar refractivity (Wildman–Crippen MR) is 149 cm³/mol. The first kappa shape index (κ1) is 24.7. The van der Waals surface area contributed by atoms with Gasteiger partial charge in [0.1, 0.15) is 29.8 Å². The van der Waals surface area contributed by atoms with E-state index < -0.39 is 5.54 Å². The quantitative estimate of drug-likeness (QED) is 0.281. The highest BCUT2D eigenvalue weighted by atomic mass is 35.5. The van der Waals surface area contributed by atoms with E-state index in [-0.39, 0.29) is 5.56 Å². The summed E-state index contributed by atoms with van der Waals surface area (Å²) in [7, 11) is 1.56. The zero-order valence-corrected chi connectivity index (χ0v) is 22.2. The van der Waals surface area contributed by atoms with Crippen molar-refractivity contribution in [1.29, 1.82) is 0 Å². The van der Waals surface area contributed by atoms with Crippen molar-refractivity contribution in [2.45, 2.75) is 24.9 Å². The number of aromatic nitrogens is 4. The van der Waals surface area contributed by atoms with Gasteiger partial charge in [0.25, 0.3) is 5.56 Å². The fraction of sp³-hybridized carbons (Fsp3) is 0.207. The molecule has 3 aromatic heterocycles. The number of fused-ring (bicyclic) bond motifs is 1. The van der Waals surface area contributed by atoms with Gasteiger partial charge in [-0.1, -0.05) is 47.5 Å². The van der Waals surface area contributed by atoms with Crippen LogP contribution >= 0.6 is 23.2 Å². The lowest BCUT2D eigenvalue weighted by atomic mass is 9.81. The molecule has 1 saturated carbocycles. The van der Waals surface area contributed by atoms with Gasteiger partial charge in [-0.2, -0.15) is 4.73 Å². The molecule has 0 aliphatic heterocycles. The van der Waals surface area contributed by atoms with Crippen LogP contribution in [0.15, 0.2) is 84.2 Å². The summed E-state index contributed by atoms with van der Waals surface area (Å²) in [6.45, 7) is 0.690. The van der Waals surface area contributed by atoms with E-state index in [1.165, 1.54) is 4.73 Å². The summed E-state index contributed by atoms with van der Waals surface area (Å²) >= 11 is 12.5. The van der Waals surface area contributed by atoms with Crippen LogP contribution in [0.1, 0.15) is 29.7 Å². The number of imidazole rings is 1. The lowest BCUT2D eigenvalue weighted by Crippen LogP contribution is -2.42. The van der Waals surface area contributed by atoms with Gasteiger partial charge < -0.3 is 15.1 Å². The molecule has 2 N–H and O–H groups in total. The van der Waals surface area contributed by atoms with Crippen LogP contribution in [0, 0.1) is 5.92 Å². The number of rotatable bonds is 7. The van der Waals surface area contributed by atoms with Crippen LogP contribution in [-0.2, 0) is 12.1 Å². The molecule has 1 unspecified atom stereocenters. The Labute approximate surface area is 229 Å². The Morgan fingerprint density at radius 3 is 2.58 bits per heavy atom. The average molecular weight is 546 g/mol. The van der Waals surface area contributed by atoms with Crippen molar-refractivity contribution in [3.63, 3.8) is 0 Å². The molecule has 6 rings (SSSR count). The third kappa shape index (κ3) is 4.26. The van der Waals surface area contributed by atoms with Crippen molar-refractivity contribution in [3.8, 4) is 11.1 Å². The van der Waals surface area contributed by atoms with Crippen LogP contribution in [0.3, 0.4) is 0 Å². The van der Waals surface area contributed by atoms with E-state index in [2.05, 4.69) is 9.97 Å². The van der Waals surface area contributed by atoms with Crippen molar-refractivity contribution in [3.05, 3.63) is 117 Å². The Hall–Kier alpha value is -3.65. The molecule has 0 amide bonds. The molecule has 1 fully saturated rings. The smallest absolute Gasteiger partial charge is 0.251 e. The first-order valence-corrected chi connectivity index (χ1v) is 13.1. The minimum absolute atomic E-state index is 0.0366. The number of hydrogen-bond acceptors (Lipinski definition) is 5. The van der Waals surface area contributed by atoms with Crippen LogP contribution in [-0.4, -0.2) is 26.4 Å². The second-order valence-corrected chi connectivity index (χ2v) is 10.5. The largest absolute Gasteiger partial charge is 0.416 e. The van der Waals surface area contributed by atoms with E-state index in [0.717, 1.165) is 40.4 Å². The zero-order valence-electron chi connectivity index (χ0n) is 20.6. The fourth-order valence-electron chi connectivity index (χ4n) is 5.05. The van der Waals surface area contributed by atoms with E-state index >= 15 is 0 Å². The maximum absolute atomic E-state index is 13.3. The molecule has 0 saturated heterocycles. The van der Waals surface area contributed by atoms with Crippen LogP contribution < -0.4 is 16.1 Å². The van der Waals surface area contributed by atoms with E-state index in [0.29, 0.717) is 33.9 Å². The zero-order chi connectivity index (χ0) is 26.4. The lowest BCUT2D eigenvalue weighted by molar-refractivity contribution is 0.152. The summed E-state index contributed by atoms with van der Waals surface area (Å²) in [5.41, 5.74) is 10.6. The van der Waals surface area contributed by atoms with Crippen LogP contribution in [0.5, 0.6) is 0 Å². The number of benzene rings is 2. The summed E-state index contributed by atoms with van der Waals surface area (Å²) in [5, 5.41) is 1.85. The Morgan fingerprint density at radius 2 is 1.87 bits per heavy atom. The van der Waals surface area contributed by atoms with Gasteiger partial charge in [-0.3, -0.25) is 4.79 Å². The van der Waals surface area contributed by atoms with Crippen molar-refractivity contribution < 1.29 is 4.84 Å². The predicted octanol–water partition coefficient (Wildman–Crippen LogP) is 5.29. The molecule has 1 atom stereocenters. The van der Waals surface area contributed by atoms with Crippen molar-refractivity contribution in [1.82, 2.24) is 19.3 Å². The van der Waals surface area contributed by atoms with Crippen LogP contribution in [0.4, 0.5) is 0 Å². The Balaban J connectivity index is 1.65. The normalized spacial score (nSPS) is 14.9. The lowest BCUT2D eigenvalue weighted by Gasteiger charge is -2.31. The van der Waals surface area contributed by atoms with E-state index in [9.17, 15) is 4.79 Å². The molecule has 1 aliphatic carbocycles. The summed E-state index contributed by atoms with van der Waals surface area (Å²) in [5.74, 6) is 0.525. The average Bonchev–Trinajstić information content (AvgIpc) is 3.62. The summed E-state index contributed by atoms with van der Waals surface area (Å²) < 4.78 is 3.40. The summed E-state index contributed by atoms with van der Waals surface area (Å²) in [4.78, 5) is 27.5. The van der Waals surface area contributed by atoms with E-state index in [1.54, 1.807) is 38.0 Å². The minimum Gasteiger partial charge on any atom is -0.416 e. The van der Waals surface area contributed by atoms with Gasteiger partial charge in [-0.15, -0.1) is 0 Å². The van der Waals surface area contributed by atoms with Gasteiger partial charge in [0, 0.05) is 34.8 Å². The third-order valence-corrected chi connectivity index (χ3v) is 7.69. The molecule has 9 heteroatoms. The second-order valence-electron chi connectivity index (χ2n) is 9.66. The van der Waals surface area contributed by atoms with E-state index in [4.69, 9.17) is 33.8 Å². The Bertz CT molecular complexity index is 1710. The maximum atomic E-state index is 13.3. The topological polar surface area (TPSA) is 88.0 Å². The van der Waals surface area contributed by atoms with Crippen molar-refractivity contribution in [2.75, 3.05) is 7.11 Å². The number of hydrogen-bond donors (Lipinski definition) is 1. The second kappa shape index (κ2) is 9.58. The van der Waals surface area contributed by atoms with Gasteiger partial charge in [0.15, 0.2) is 0 Å². The first-order chi connectivity index (χ1) is 18.4. The molecule has 1 aliphatic rings. The number of nitrogens with two attached hydrogens (primary N) is 1. The molecule has 5 aromatic rings. The molecule has 7 nitrogen and oxygen atoms in total. The molecule has 0 bridgehead atoms. The molecule has 2 aromatic carbocycles. The van der Waals surface area contributed by atoms with Crippen molar-refractivity contribution >= 4 is 34.1 Å². The molecular weight excluding hydrogens is 521 g/mol.